The van der Waals surface area contributed by atoms with Crippen LogP contribution in [0.3, 0.4) is 0 Å². The molecule has 3 aliphatic heterocycles. The van der Waals surface area contributed by atoms with Gasteiger partial charge in [0.05, 0.1) is 28.5 Å². The van der Waals surface area contributed by atoms with Gasteiger partial charge in [0.15, 0.2) is 5.82 Å². The molecule has 3 aromatic heterocycles. The Bertz CT molecular complexity index is 1430. The molecular weight excluding hydrogens is 501 g/mol. The van der Waals surface area contributed by atoms with Gasteiger partial charge in [-0.25, -0.2) is 19.3 Å². The molecule has 1 amide bonds. The normalized spacial score (nSPS) is 21.5. The number of aromatic nitrogens is 3. The average molecular weight is 534 g/mol. The maximum atomic E-state index is 15.1. The van der Waals surface area contributed by atoms with Crippen LogP contribution in [0.5, 0.6) is 0 Å². The Morgan fingerprint density at radius 3 is 2.53 bits per heavy atom. The minimum atomic E-state index is -0.492. The van der Waals surface area contributed by atoms with Crippen LogP contribution in [0.2, 0.25) is 0 Å². The summed E-state index contributed by atoms with van der Waals surface area (Å²) >= 11 is 1.53. The number of nitrogens with one attached hydrogen (secondary N) is 1. The summed E-state index contributed by atoms with van der Waals surface area (Å²) in [7, 11) is 4.06. The van der Waals surface area contributed by atoms with Crippen LogP contribution in [0, 0.1) is 18.2 Å². The van der Waals surface area contributed by atoms with E-state index in [0.717, 1.165) is 60.6 Å². The third-order valence-electron chi connectivity index (χ3n) is 9.03. The molecule has 38 heavy (non-hydrogen) atoms. The number of likely N-dealkylation sites (N-methyl/N-ethyl adjacent to an activating group) is 1. The van der Waals surface area contributed by atoms with Crippen molar-refractivity contribution in [3.05, 3.63) is 46.3 Å². The zero-order valence-corrected chi connectivity index (χ0v) is 22.9. The molecular formula is C28H32FN7OS. The van der Waals surface area contributed by atoms with Crippen LogP contribution in [0.4, 0.5) is 21.8 Å². The fraction of sp³-hybridized carbons (Fsp3) is 0.500. The number of likely N-dealkylation sites (tertiary alicyclic amines) is 1. The molecule has 3 fully saturated rings. The molecule has 2 spiro atoms. The van der Waals surface area contributed by atoms with E-state index in [1.807, 2.05) is 31.1 Å². The van der Waals surface area contributed by atoms with Crippen molar-refractivity contribution in [3.8, 4) is 10.6 Å². The lowest BCUT2D eigenvalue weighted by molar-refractivity contribution is 0.0658. The maximum Gasteiger partial charge on any atom is 0.255 e. The smallest absolute Gasteiger partial charge is 0.255 e. The van der Waals surface area contributed by atoms with Crippen molar-refractivity contribution in [1.82, 2.24) is 24.8 Å². The zero-order chi connectivity index (χ0) is 26.2. The number of nitrogens with zero attached hydrogens (tertiary/aromatic N) is 6. The fourth-order valence-electron chi connectivity index (χ4n) is 6.86. The largest absolute Gasteiger partial charge is 0.369 e. The van der Waals surface area contributed by atoms with Gasteiger partial charge in [-0.05, 0) is 57.5 Å². The van der Waals surface area contributed by atoms with Gasteiger partial charge in [-0.2, -0.15) is 0 Å². The number of pyridine rings is 1. The predicted molar refractivity (Wildman–Crippen MR) is 147 cm³/mol. The summed E-state index contributed by atoms with van der Waals surface area (Å²) < 4.78 is 15.1. The van der Waals surface area contributed by atoms with Crippen LogP contribution in [0.1, 0.15) is 46.5 Å². The van der Waals surface area contributed by atoms with E-state index in [4.69, 9.17) is 0 Å². The highest BCUT2D eigenvalue weighted by Gasteiger charge is 2.49. The summed E-state index contributed by atoms with van der Waals surface area (Å²) in [5, 5.41) is 3.14. The Kier molecular flexibility index (Phi) is 5.33. The highest BCUT2D eigenvalue weighted by atomic mass is 32.1. The third kappa shape index (κ3) is 3.64. The van der Waals surface area contributed by atoms with E-state index in [-0.39, 0.29) is 23.0 Å². The minimum absolute atomic E-state index is 0.00567. The third-order valence-corrected chi connectivity index (χ3v) is 10.6. The van der Waals surface area contributed by atoms with Gasteiger partial charge in [0.25, 0.3) is 5.91 Å². The Labute approximate surface area is 225 Å². The van der Waals surface area contributed by atoms with Gasteiger partial charge in [0, 0.05) is 48.9 Å². The van der Waals surface area contributed by atoms with Crippen LogP contribution in [0.15, 0.2) is 24.5 Å². The summed E-state index contributed by atoms with van der Waals surface area (Å²) in [4.78, 5) is 34.8. The van der Waals surface area contributed by atoms with Gasteiger partial charge in [-0.15, -0.1) is 11.3 Å². The number of hydrogen-bond acceptors (Lipinski definition) is 8. The first-order valence-corrected chi connectivity index (χ1v) is 14.2. The Hall–Kier alpha value is -3.11. The molecule has 2 saturated heterocycles. The average Bonchev–Trinajstić information content (AvgIpc) is 3.42. The van der Waals surface area contributed by atoms with Crippen molar-refractivity contribution in [2.24, 2.45) is 5.41 Å². The monoisotopic (exact) mass is 533 g/mol. The van der Waals surface area contributed by atoms with Crippen LogP contribution < -0.4 is 10.2 Å². The molecule has 1 aliphatic carbocycles. The fourth-order valence-corrected chi connectivity index (χ4v) is 8.39. The van der Waals surface area contributed by atoms with E-state index in [1.165, 1.54) is 37.0 Å². The molecule has 0 bridgehead atoms. The first-order valence-electron chi connectivity index (χ1n) is 13.3. The molecule has 1 saturated carbocycles. The topological polar surface area (TPSA) is 77.5 Å². The molecule has 0 atom stereocenters. The van der Waals surface area contributed by atoms with Crippen molar-refractivity contribution in [3.63, 3.8) is 0 Å². The molecule has 8 nitrogen and oxygen atoms in total. The number of thiophene rings is 1. The van der Waals surface area contributed by atoms with Crippen molar-refractivity contribution >= 4 is 34.7 Å². The molecule has 6 heterocycles. The summed E-state index contributed by atoms with van der Waals surface area (Å²) in [6.45, 7) is 7.12. The lowest BCUT2D eigenvalue weighted by Gasteiger charge is -2.49. The van der Waals surface area contributed by atoms with Crippen LogP contribution >= 0.6 is 11.3 Å². The van der Waals surface area contributed by atoms with Crippen LogP contribution in [0.25, 0.3) is 10.6 Å². The van der Waals surface area contributed by atoms with Crippen LogP contribution in [-0.4, -0.2) is 77.5 Å². The van der Waals surface area contributed by atoms with E-state index in [9.17, 15) is 4.79 Å². The summed E-state index contributed by atoms with van der Waals surface area (Å²) in [6.07, 6.45) is 7.61. The van der Waals surface area contributed by atoms with Crippen molar-refractivity contribution in [2.75, 3.05) is 57.0 Å². The van der Waals surface area contributed by atoms with Gasteiger partial charge < -0.3 is 20.0 Å². The lowest BCUT2D eigenvalue weighted by atomic mass is 9.65. The van der Waals surface area contributed by atoms with Gasteiger partial charge in [-0.1, -0.05) is 6.42 Å². The summed E-state index contributed by atoms with van der Waals surface area (Å²) in [5.41, 5.74) is 3.32. The van der Waals surface area contributed by atoms with E-state index < -0.39 is 5.82 Å². The van der Waals surface area contributed by atoms with Gasteiger partial charge in [-0.3, -0.25) is 4.79 Å². The number of rotatable bonds is 4. The standard InChI is InChI=1S/C28H32FN7OS/c1-17-21-24(28(7-4-8-28)16-35(3)25(21)37)38-23(17)22-19(29)12-31-26(33-22)32-20-6-5-18(11-30-20)36-14-27(15-36)9-10-34(2)13-27/h5-6,11-12H,4,7-10,13-16H2,1-3H3,(H,30,31,32,33). The Morgan fingerprint density at radius 1 is 1.05 bits per heavy atom. The summed E-state index contributed by atoms with van der Waals surface area (Å²) in [5.74, 6) is 0.414. The Morgan fingerprint density at radius 2 is 1.87 bits per heavy atom. The molecule has 4 aliphatic rings. The highest BCUT2D eigenvalue weighted by Crippen LogP contribution is 2.53. The number of hydrogen-bond donors (Lipinski definition) is 1. The van der Waals surface area contributed by atoms with E-state index in [0.29, 0.717) is 16.1 Å². The zero-order valence-electron chi connectivity index (χ0n) is 22.1. The molecule has 0 aromatic carbocycles. The summed E-state index contributed by atoms with van der Waals surface area (Å²) in [6, 6.07) is 3.97. The van der Waals surface area contributed by atoms with Crippen LogP contribution in [-0.2, 0) is 5.41 Å². The maximum absolute atomic E-state index is 15.1. The number of amides is 1. The van der Waals surface area contributed by atoms with Crippen molar-refractivity contribution < 1.29 is 9.18 Å². The number of carbonyl (C=O) groups is 1. The number of carbonyl (C=O) groups excluding carboxylic acids is 1. The molecule has 3 aromatic rings. The van der Waals surface area contributed by atoms with E-state index >= 15 is 4.39 Å². The van der Waals surface area contributed by atoms with Crippen molar-refractivity contribution in [1.29, 1.82) is 0 Å². The lowest BCUT2D eigenvalue weighted by Crippen LogP contribution is -2.57. The second kappa shape index (κ2) is 8.44. The second-order valence-electron chi connectivity index (χ2n) is 11.8. The minimum Gasteiger partial charge on any atom is -0.369 e. The molecule has 7 rings (SSSR count). The van der Waals surface area contributed by atoms with Gasteiger partial charge in [0.2, 0.25) is 5.95 Å². The number of fused-ring (bicyclic) bond motifs is 2. The predicted octanol–water partition coefficient (Wildman–Crippen LogP) is 4.44. The number of anilines is 3. The highest BCUT2D eigenvalue weighted by molar-refractivity contribution is 7.16. The molecule has 1 N–H and O–H groups in total. The quantitative estimate of drug-likeness (QED) is 0.531. The van der Waals surface area contributed by atoms with E-state index in [2.05, 4.69) is 43.2 Å². The Balaban J connectivity index is 1.12. The molecule has 198 valence electrons. The van der Waals surface area contributed by atoms with Crippen molar-refractivity contribution in [2.45, 2.75) is 38.0 Å². The van der Waals surface area contributed by atoms with E-state index in [1.54, 1.807) is 0 Å². The molecule has 0 unspecified atom stereocenters. The second-order valence-corrected chi connectivity index (χ2v) is 12.8. The molecule has 0 radical (unpaired) electrons. The first-order chi connectivity index (χ1) is 18.3. The SMILES string of the molecule is Cc1c(-c2nc(Nc3ccc(N4CC5(CCN(C)C5)C4)cn3)ncc2F)sc2c1C(=O)N(C)CC21CCC1. The van der Waals surface area contributed by atoms with Gasteiger partial charge >= 0.3 is 0 Å². The number of halogens is 1. The first kappa shape index (κ1) is 24.0. The van der Waals surface area contributed by atoms with Gasteiger partial charge in [0.1, 0.15) is 11.5 Å². The molecule has 10 heteroatoms.